The Bertz CT molecular complexity index is 1700. The monoisotopic (exact) mass is 828 g/mol. The van der Waals surface area contributed by atoms with Gasteiger partial charge in [-0.3, -0.25) is 24.2 Å². The molecule has 0 radical (unpaired) electrons. The van der Waals surface area contributed by atoms with Gasteiger partial charge >= 0.3 is 18.0 Å². The molecule has 4 N–H and O–H groups in total. The highest BCUT2D eigenvalue weighted by Gasteiger charge is 2.48. The third-order valence-electron chi connectivity index (χ3n) is 12.3. The van der Waals surface area contributed by atoms with Gasteiger partial charge in [-0.2, -0.15) is 0 Å². The summed E-state index contributed by atoms with van der Waals surface area (Å²) in [4.78, 5) is 61.6. The standard InChI is InChI=1S/C23H36O7.C19H25ClN6O2/c1-4-13(2)23(29)30-20-11-17(25)9-15-6-5-14(3)19(22(15)20)8-7-16(24)10-18(26)12-21(27)28;1-22-17-16(18(27)23(2)19(22)28)26(13-21-17)12-9-24-7-10-25(11-8-24)15-6-4-3-5-14(15)20/h5-6,9,13-14,16-20,22,24-26H,4,7-8,10-12H2,1-3H3,(H,27,28);3-6,13,16-17H,7-12H2,1-2H3/t13-,14-,16+,17+,18+,19-,20-,22-;/m0./s1. The second-order valence-electron chi connectivity index (χ2n) is 16.3. The van der Waals surface area contributed by atoms with Crippen molar-refractivity contribution in [1.29, 1.82) is 0 Å². The zero-order chi connectivity index (χ0) is 42.3. The number of fused-ring (bicyclic) bond motifs is 2. The van der Waals surface area contributed by atoms with Crippen LogP contribution in [-0.4, -0.2) is 160 Å². The van der Waals surface area contributed by atoms with Crippen molar-refractivity contribution in [3.8, 4) is 0 Å². The third-order valence-corrected chi connectivity index (χ3v) is 12.6. The van der Waals surface area contributed by atoms with Gasteiger partial charge in [-0.05, 0) is 55.2 Å². The van der Waals surface area contributed by atoms with Crippen molar-refractivity contribution in [2.24, 2.45) is 28.7 Å². The van der Waals surface area contributed by atoms with Crippen molar-refractivity contribution in [1.82, 2.24) is 19.6 Å². The quantitative estimate of drug-likeness (QED) is 0.201. The number of piperazine rings is 1. The van der Waals surface area contributed by atoms with Gasteiger partial charge in [0.05, 0.1) is 47.7 Å². The van der Waals surface area contributed by atoms with Crippen LogP contribution in [0.5, 0.6) is 0 Å². The number of hydrogen-bond acceptors (Lipinski definition) is 12. The number of aliphatic hydroxyl groups is 3. The summed E-state index contributed by atoms with van der Waals surface area (Å²) in [5.74, 6) is -1.50. The Morgan fingerprint density at radius 2 is 1.76 bits per heavy atom. The molecule has 58 heavy (non-hydrogen) atoms. The number of hydrogen-bond donors (Lipinski definition) is 4. The molecule has 10 atom stereocenters. The maximum Gasteiger partial charge on any atom is 0.328 e. The number of carbonyl (C=O) groups is 4. The molecule has 2 fully saturated rings. The number of allylic oxidation sites excluding steroid dienone is 2. The molecule has 3 aliphatic heterocycles. The van der Waals surface area contributed by atoms with E-state index in [1.807, 2.05) is 49.1 Å². The van der Waals surface area contributed by atoms with Crippen LogP contribution in [0, 0.1) is 23.7 Å². The molecule has 0 saturated carbocycles. The van der Waals surface area contributed by atoms with Crippen LogP contribution in [0.25, 0.3) is 0 Å². The Balaban J connectivity index is 0.000000221. The number of benzene rings is 1. The number of amides is 3. The van der Waals surface area contributed by atoms with Crippen molar-refractivity contribution in [2.45, 2.75) is 95.9 Å². The number of carboxylic acids is 1. The number of imide groups is 1. The fourth-order valence-corrected chi connectivity index (χ4v) is 8.85. The van der Waals surface area contributed by atoms with Crippen LogP contribution in [0.3, 0.4) is 0 Å². The Hall–Kier alpha value is -4.02. The minimum Gasteiger partial charge on any atom is -0.481 e. The number of ether oxygens (including phenoxy) is 1. The van der Waals surface area contributed by atoms with E-state index >= 15 is 0 Å². The molecule has 3 amide bonds. The molecule has 0 aromatic heterocycles. The molecule has 15 nitrogen and oxygen atoms in total. The third kappa shape index (κ3) is 11.0. The summed E-state index contributed by atoms with van der Waals surface area (Å²) in [7, 11) is 3.22. The van der Waals surface area contributed by atoms with Gasteiger partial charge in [0.25, 0.3) is 5.91 Å². The molecule has 1 aromatic carbocycles. The van der Waals surface area contributed by atoms with E-state index in [-0.39, 0.29) is 54.4 Å². The first-order valence-corrected chi connectivity index (χ1v) is 20.9. The number of para-hydroxylation sites is 1. The molecular weight excluding hydrogens is 768 g/mol. The normalized spacial score (nSPS) is 28.6. The van der Waals surface area contributed by atoms with Gasteiger partial charge in [-0.15, -0.1) is 0 Å². The van der Waals surface area contributed by atoms with E-state index in [2.05, 4.69) is 33.9 Å². The minimum absolute atomic E-state index is 0.0156. The number of urea groups is 1. The van der Waals surface area contributed by atoms with Gasteiger partial charge in [0.15, 0.2) is 12.2 Å². The molecule has 1 aromatic rings. The van der Waals surface area contributed by atoms with Gasteiger partial charge in [0.2, 0.25) is 0 Å². The van der Waals surface area contributed by atoms with E-state index in [1.165, 1.54) is 16.8 Å². The number of nitrogens with zero attached hydrogens (tertiary/aromatic N) is 6. The highest BCUT2D eigenvalue weighted by Crippen LogP contribution is 2.44. The van der Waals surface area contributed by atoms with Crippen molar-refractivity contribution in [3.63, 3.8) is 0 Å². The predicted molar refractivity (Wildman–Crippen MR) is 220 cm³/mol. The minimum atomic E-state index is -1.10. The van der Waals surface area contributed by atoms with Crippen LogP contribution in [-0.2, 0) is 19.1 Å². The molecule has 5 aliphatic rings. The molecule has 320 valence electrons. The number of rotatable bonds is 14. The zero-order valence-corrected chi connectivity index (χ0v) is 35.0. The summed E-state index contributed by atoms with van der Waals surface area (Å²) in [6, 6.07) is 7.21. The second-order valence-corrected chi connectivity index (χ2v) is 16.7. The number of carboxylic acid groups (broad SMARTS) is 1. The van der Waals surface area contributed by atoms with Crippen LogP contribution in [0.4, 0.5) is 10.5 Å². The summed E-state index contributed by atoms with van der Waals surface area (Å²) in [5.41, 5.74) is 2.04. The SMILES string of the molecule is CC[C@H](C)C(=O)O[C@H]1C[C@H](O)C=C2C=C[C@H](C)[C@H](CC[C@@H](O)C[C@@H](O)CC(=O)O)[C@H]21.CN1C(=O)C2C(N=CN2CCN2CCN(c3ccccc3Cl)CC2)N(C)C1=O. The van der Waals surface area contributed by atoms with E-state index in [0.717, 1.165) is 49.0 Å². The largest absolute Gasteiger partial charge is 0.481 e. The van der Waals surface area contributed by atoms with E-state index in [1.54, 1.807) is 13.4 Å². The van der Waals surface area contributed by atoms with E-state index < -0.39 is 42.6 Å². The highest BCUT2D eigenvalue weighted by molar-refractivity contribution is 6.33. The van der Waals surface area contributed by atoms with E-state index in [4.69, 9.17) is 21.4 Å². The number of carbonyl (C=O) groups excluding carboxylic acids is 3. The number of halogens is 1. The second kappa shape index (κ2) is 20.3. The average Bonchev–Trinajstić information content (AvgIpc) is 3.62. The van der Waals surface area contributed by atoms with Gasteiger partial charge < -0.3 is 39.9 Å². The summed E-state index contributed by atoms with van der Waals surface area (Å²) in [5, 5.41) is 39.9. The maximum absolute atomic E-state index is 12.6. The zero-order valence-electron chi connectivity index (χ0n) is 34.3. The average molecular weight is 829 g/mol. The first-order valence-electron chi connectivity index (χ1n) is 20.5. The Morgan fingerprint density at radius 1 is 1.05 bits per heavy atom. The number of esters is 1. The lowest BCUT2D eigenvalue weighted by Crippen LogP contribution is -2.64. The van der Waals surface area contributed by atoms with Crippen molar-refractivity contribution >= 4 is 47.5 Å². The lowest BCUT2D eigenvalue weighted by Gasteiger charge is -2.43. The number of likely N-dealkylation sites (N-methyl/N-ethyl adjacent to an activating group) is 2. The number of anilines is 1. The summed E-state index contributed by atoms with van der Waals surface area (Å²) < 4.78 is 5.84. The Labute approximate surface area is 346 Å². The van der Waals surface area contributed by atoms with Crippen molar-refractivity contribution < 1.29 is 44.3 Å². The predicted octanol–water partition coefficient (Wildman–Crippen LogP) is 3.46. The van der Waals surface area contributed by atoms with Crippen LogP contribution in [0.2, 0.25) is 5.02 Å². The molecular formula is C42H61ClN6O9. The topological polar surface area (TPSA) is 187 Å². The van der Waals surface area contributed by atoms with Crippen molar-refractivity contribution in [2.75, 3.05) is 58.3 Å². The summed E-state index contributed by atoms with van der Waals surface area (Å²) in [6.45, 7) is 11.1. The molecule has 0 spiro atoms. The number of aliphatic imine (C=N–C) groups is 1. The molecule has 2 saturated heterocycles. The smallest absolute Gasteiger partial charge is 0.328 e. The van der Waals surface area contributed by atoms with Crippen LogP contribution >= 0.6 is 11.6 Å². The molecule has 16 heteroatoms. The number of aliphatic carboxylic acids is 1. The van der Waals surface area contributed by atoms with Gasteiger partial charge in [0.1, 0.15) is 6.10 Å². The van der Waals surface area contributed by atoms with Crippen molar-refractivity contribution in [3.05, 3.63) is 53.1 Å². The maximum atomic E-state index is 12.6. The first kappa shape index (κ1) is 45.1. The summed E-state index contributed by atoms with van der Waals surface area (Å²) >= 11 is 6.31. The van der Waals surface area contributed by atoms with Crippen LogP contribution in [0.15, 0.2) is 53.1 Å². The van der Waals surface area contributed by atoms with E-state index in [0.29, 0.717) is 32.2 Å². The van der Waals surface area contributed by atoms with Crippen LogP contribution < -0.4 is 4.90 Å². The van der Waals surface area contributed by atoms with Gasteiger partial charge in [-0.1, -0.05) is 62.7 Å². The number of aliphatic hydroxyl groups excluding tert-OH is 3. The highest BCUT2D eigenvalue weighted by atomic mass is 35.5. The fourth-order valence-electron chi connectivity index (χ4n) is 8.60. The Kier molecular flexibility index (Phi) is 15.8. The molecule has 3 heterocycles. The molecule has 2 aliphatic carbocycles. The molecule has 0 bridgehead atoms. The Morgan fingerprint density at radius 3 is 2.43 bits per heavy atom. The molecule has 2 unspecified atom stereocenters. The van der Waals surface area contributed by atoms with Crippen LogP contribution in [0.1, 0.15) is 59.3 Å². The lowest BCUT2D eigenvalue weighted by atomic mass is 9.66. The first-order chi connectivity index (χ1) is 27.6. The fraction of sp³-hybridized carbons (Fsp3) is 0.643. The van der Waals surface area contributed by atoms with Gasteiger partial charge in [-0.25, -0.2) is 9.79 Å². The molecule has 6 rings (SSSR count). The summed E-state index contributed by atoms with van der Waals surface area (Å²) in [6.07, 6.45) is 5.93. The van der Waals surface area contributed by atoms with Gasteiger partial charge in [0, 0.05) is 65.7 Å². The lowest BCUT2D eigenvalue weighted by molar-refractivity contribution is -0.159. The van der Waals surface area contributed by atoms with E-state index in [9.17, 15) is 34.5 Å².